The highest BCUT2D eigenvalue weighted by Gasteiger charge is 2.27. The van der Waals surface area contributed by atoms with E-state index in [9.17, 15) is 20.1 Å². The second-order valence-electron chi connectivity index (χ2n) is 8.89. The lowest BCUT2D eigenvalue weighted by molar-refractivity contribution is 0.0516. The standard InChI is InChI=1S/C32H26N6O4/c1-5-41-31(39)25-19(3)35-29(23(17-33)27(25)21-13-9-7-10-14-21)37-38-30-24(18-34)28(22-15-11-8-12-16-22)26(20(4)36-30)32(40)42-6-2/h7-16H,5-6H2,1-4H3. The SMILES string of the molecule is CCOC(=O)c1c(C)nc(N=Nc2nc(C)c(C(=O)OCC)c(-c3ccccc3)c2C#N)c(C#N)c1-c1ccccc1. The summed E-state index contributed by atoms with van der Waals surface area (Å²) in [5.74, 6) is -1.37. The average molecular weight is 559 g/mol. The fourth-order valence-corrected chi connectivity index (χ4v) is 4.52. The van der Waals surface area contributed by atoms with Gasteiger partial charge in [-0.15, -0.1) is 10.2 Å². The lowest BCUT2D eigenvalue weighted by atomic mass is 9.94. The van der Waals surface area contributed by atoms with E-state index in [4.69, 9.17) is 9.47 Å². The Balaban J connectivity index is 1.97. The lowest BCUT2D eigenvalue weighted by Gasteiger charge is -2.15. The van der Waals surface area contributed by atoms with E-state index in [2.05, 4.69) is 32.3 Å². The predicted octanol–water partition coefficient (Wildman–Crippen LogP) is 6.94. The first-order valence-corrected chi connectivity index (χ1v) is 13.1. The molecule has 10 nitrogen and oxygen atoms in total. The molecule has 0 N–H and O–H groups in total. The van der Waals surface area contributed by atoms with Crippen LogP contribution in [0.5, 0.6) is 0 Å². The van der Waals surface area contributed by atoms with E-state index in [0.717, 1.165) is 0 Å². The van der Waals surface area contributed by atoms with Gasteiger partial charge < -0.3 is 9.47 Å². The summed E-state index contributed by atoms with van der Waals surface area (Å²) < 4.78 is 10.5. The zero-order valence-electron chi connectivity index (χ0n) is 23.5. The molecule has 0 spiro atoms. The molecule has 0 unspecified atom stereocenters. The first-order valence-electron chi connectivity index (χ1n) is 13.1. The highest BCUT2D eigenvalue weighted by Crippen LogP contribution is 2.38. The van der Waals surface area contributed by atoms with Crippen molar-refractivity contribution in [3.8, 4) is 34.4 Å². The number of aromatic nitrogens is 2. The normalized spacial score (nSPS) is 10.6. The minimum atomic E-state index is -0.618. The van der Waals surface area contributed by atoms with Crippen LogP contribution in [-0.2, 0) is 9.47 Å². The quantitative estimate of drug-likeness (QED) is 0.167. The number of esters is 2. The first kappa shape index (κ1) is 29.2. The third-order valence-corrected chi connectivity index (χ3v) is 6.27. The molecule has 0 amide bonds. The van der Waals surface area contributed by atoms with Crippen molar-refractivity contribution in [1.29, 1.82) is 10.5 Å². The third kappa shape index (κ3) is 5.74. The maximum absolute atomic E-state index is 12.9. The fraction of sp³-hybridized carbons (Fsp3) is 0.188. The van der Waals surface area contributed by atoms with E-state index in [1.165, 1.54) is 0 Å². The molecule has 42 heavy (non-hydrogen) atoms. The van der Waals surface area contributed by atoms with Gasteiger partial charge in [0.15, 0.2) is 11.6 Å². The maximum atomic E-state index is 12.9. The Hall–Kier alpha value is -5.74. The van der Waals surface area contributed by atoms with Crippen molar-refractivity contribution in [2.75, 3.05) is 13.2 Å². The summed E-state index contributed by atoms with van der Waals surface area (Å²) in [6.45, 7) is 6.89. The Kier molecular flexibility index (Phi) is 9.11. The fourth-order valence-electron chi connectivity index (χ4n) is 4.52. The predicted molar refractivity (Wildman–Crippen MR) is 154 cm³/mol. The van der Waals surface area contributed by atoms with Crippen molar-refractivity contribution < 1.29 is 19.1 Å². The second kappa shape index (κ2) is 13.1. The number of pyridine rings is 2. The van der Waals surface area contributed by atoms with Gasteiger partial charge in [0.2, 0.25) is 0 Å². The molecule has 4 rings (SSSR count). The van der Waals surface area contributed by atoms with Gasteiger partial charge in [0.25, 0.3) is 0 Å². The number of hydrogen-bond donors (Lipinski definition) is 0. The smallest absolute Gasteiger partial charge is 0.340 e. The number of rotatable bonds is 8. The summed E-state index contributed by atoms with van der Waals surface area (Å²) in [5.41, 5.74) is 2.67. The molecular formula is C32H26N6O4. The summed E-state index contributed by atoms with van der Waals surface area (Å²) >= 11 is 0. The maximum Gasteiger partial charge on any atom is 0.340 e. The summed E-state index contributed by atoms with van der Waals surface area (Å²) in [5, 5.41) is 28.9. The molecule has 0 aliphatic carbocycles. The molecular weight excluding hydrogens is 532 g/mol. The van der Waals surface area contributed by atoms with Crippen LogP contribution in [0, 0.1) is 36.5 Å². The molecule has 4 aromatic rings. The Labute approximate surface area is 242 Å². The molecule has 2 aromatic carbocycles. The molecule has 0 saturated heterocycles. The van der Waals surface area contributed by atoms with Gasteiger partial charge in [-0.2, -0.15) is 10.5 Å². The van der Waals surface area contributed by atoms with Crippen LogP contribution in [0.3, 0.4) is 0 Å². The highest BCUT2D eigenvalue weighted by molar-refractivity contribution is 6.02. The van der Waals surface area contributed by atoms with E-state index in [1.807, 2.05) is 12.1 Å². The van der Waals surface area contributed by atoms with Crippen LogP contribution >= 0.6 is 0 Å². The monoisotopic (exact) mass is 558 g/mol. The van der Waals surface area contributed by atoms with Crippen LogP contribution in [0.1, 0.15) is 57.1 Å². The van der Waals surface area contributed by atoms with Gasteiger partial charge in [-0.05, 0) is 38.8 Å². The van der Waals surface area contributed by atoms with Gasteiger partial charge in [0.05, 0.1) is 35.7 Å². The van der Waals surface area contributed by atoms with Crippen molar-refractivity contribution >= 4 is 23.6 Å². The Morgan fingerprint density at radius 2 is 1.05 bits per heavy atom. The lowest BCUT2D eigenvalue weighted by Crippen LogP contribution is -2.12. The van der Waals surface area contributed by atoms with Gasteiger partial charge in [0, 0.05) is 11.1 Å². The van der Waals surface area contributed by atoms with Crippen molar-refractivity contribution in [2.45, 2.75) is 27.7 Å². The molecule has 10 heteroatoms. The number of nitriles is 2. The van der Waals surface area contributed by atoms with E-state index in [0.29, 0.717) is 22.3 Å². The van der Waals surface area contributed by atoms with Crippen LogP contribution in [0.2, 0.25) is 0 Å². The zero-order chi connectivity index (χ0) is 30.2. The van der Waals surface area contributed by atoms with Gasteiger partial charge in [-0.1, -0.05) is 60.7 Å². The van der Waals surface area contributed by atoms with Crippen LogP contribution in [0.25, 0.3) is 22.3 Å². The molecule has 0 atom stereocenters. The largest absolute Gasteiger partial charge is 0.462 e. The number of aryl methyl sites for hydroxylation is 2. The number of ether oxygens (including phenoxy) is 2. The van der Waals surface area contributed by atoms with Gasteiger partial charge in [-0.25, -0.2) is 19.6 Å². The number of carbonyl (C=O) groups is 2. The zero-order valence-corrected chi connectivity index (χ0v) is 23.5. The topological polar surface area (TPSA) is 151 Å². The Morgan fingerprint density at radius 3 is 1.36 bits per heavy atom. The second-order valence-corrected chi connectivity index (χ2v) is 8.89. The average Bonchev–Trinajstić information content (AvgIpc) is 3.00. The molecule has 0 aliphatic heterocycles. The van der Waals surface area contributed by atoms with Gasteiger partial charge in [0.1, 0.15) is 23.3 Å². The molecule has 2 aromatic heterocycles. The van der Waals surface area contributed by atoms with Crippen LogP contribution in [0.15, 0.2) is 70.9 Å². The Morgan fingerprint density at radius 1 is 0.690 bits per heavy atom. The molecule has 0 fully saturated rings. The number of carbonyl (C=O) groups excluding carboxylic acids is 2. The van der Waals surface area contributed by atoms with E-state index in [1.54, 1.807) is 76.2 Å². The van der Waals surface area contributed by atoms with E-state index >= 15 is 0 Å². The van der Waals surface area contributed by atoms with Gasteiger partial charge in [-0.3, -0.25) is 0 Å². The highest BCUT2D eigenvalue weighted by atomic mass is 16.5. The molecule has 0 bridgehead atoms. The molecule has 0 radical (unpaired) electrons. The summed E-state index contributed by atoms with van der Waals surface area (Å²) in [6, 6.07) is 22.0. The van der Waals surface area contributed by atoms with Crippen molar-refractivity contribution in [3.05, 3.63) is 94.3 Å². The number of azo groups is 1. The number of nitrogens with zero attached hydrogens (tertiary/aromatic N) is 6. The molecule has 0 aliphatic rings. The minimum Gasteiger partial charge on any atom is -0.462 e. The van der Waals surface area contributed by atoms with Crippen molar-refractivity contribution in [2.24, 2.45) is 10.2 Å². The first-order chi connectivity index (χ1) is 20.4. The van der Waals surface area contributed by atoms with E-state index in [-0.39, 0.29) is 58.5 Å². The van der Waals surface area contributed by atoms with Crippen LogP contribution in [-0.4, -0.2) is 35.1 Å². The summed E-state index contributed by atoms with van der Waals surface area (Å²) in [7, 11) is 0. The summed E-state index contributed by atoms with van der Waals surface area (Å²) in [6.07, 6.45) is 0. The molecule has 2 heterocycles. The number of benzene rings is 2. The van der Waals surface area contributed by atoms with Crippen molar-refractivity contribution in [3.63, 3.8) is 0 Å². The number of hydrogen-bond acceptors (Lipinski definition) is 10. The van der Waals surface area contributed by atoms with E-state index < -0.39 is 11.9 Å². The van der Waals surface area contributed by atoms with Gasteiger partial charge >= 0.3 is 11.9 Å². The van der Waals surface area contributed by atoms with Crippen molar-refractivity contribution in [1.82, 2.24) is 9.97 Å². The third-order valence-electron chi connectivity index (χ3n) is 6.27. The molecule has 0 saturated carbocycles. The minimum absolute atomic E-state index is 0.000240. The molecule has 208 valence electrons. The van der Waals surface area contributed by atoms with Crippen LogP contribution in [0.4, 0.5) is 11.6 Å². The summed E-state index contributed by atoms with van der Waals surface area (Å²) in [4.78, 5) is 34.7. The Bertz CT molecular complexity index is 1640. The van der Waals surface area contributed by atoms with Crippen LogP contribution < -0.4 is 0 Å².